The van der Waals surface area contributed by atoms with Crippen molar-refractivity contribution in [3.63, 3.8) is 0 Å². The van der Waals surface area contributed by atoms with Crippen LogP contribution in [0.15, 0.2) is 0 Å². The molecule has 5 heteroatoms. The summed E-state index contributed by atoms with van der Waals surface area (Å²) >= 11 is 0. The molecule has 5 nitrogen and oxygen atoms in total. The van der Waals surface area contributed by atoms with Crippen LogP contribution in [0.2, 0.25) is 0 Å². The molecule has 1 saturated heterocycles. The highest BCUT2D eigenvalue weighted by Crippen LogP contribution is 2.33. The van der Waals surface area contributed by atoms with Crippen molar-refractivity contribution in [2.45, 2.75) is 84.3 Å². The number of hydrogen-bond donors (Lipinski definition) is 2. The molecule has 1 rings (SSSR count). The molecule has 5 atom stereocenters. The molecule has 1 aliphatic rings. The van der Waals surface area contributed by atoms with E-state index in [9.17, 15) is 10.2 Å². The van der Waals surface area contributed by atoms with E-state index >= 15 is 0 Å². The zero-order chi connectivity index (χ0) is 15.7. The summed E-state index contributed by atoms with van der Waals surface area (Å²) in [5.41, 5.74) is -0.437. The molecule has 120 valence electrons. The Bertz CT molecular complexity index is 304. The molecule has 2 N–H and O–H groups in total. The maximum atomic E-state index is 10.2. The maximum Gasteiger partial charge on any atom is 0.187 e. The van der Waals surface area contributed by atoms with Gasteiger partial charge in [-0.2, -0.15) is 0 Å². The van der Waals surface area contributed by atoms with Crippen LogP contribution in [0.4, 0.5) is 0 Å². The molecule has 0 saturated carbocycles. The van der Waals surface area contributed by atoms with E-state index < -0.39 is 36.3 Å². The Morgan fingerprint density at radius 2 is 1.55 bits per heavy atom. The zero-order valence-corrected chi connectivity index (χ0v) is 13.7. The van der Waals surface area contributed by atoms with Crippen molar-refractivity contribution < 1.29 is 24.4 Å². The molecule has 0 amide bonds. The molecule has 0 aromatic heterocycles. The molecule has 1 fully saturated rings. The normalized spacial score (nSPS) is 36.1. The lowest BCUT2D eigenvalue weighted by Crippen LogP contribution is -2.60. The molecule has 0 radical (unpaired) electrons. The van der Waals surface area contributed by atoms with Crippen molar-refractivity contribution in [2.75, 3.05) is 7.11 Å². The van der Waals surface area contributed by atoms with Crippen molar-refractivity contribution in [3.8, 4) is 0 Å². The average molecular weight is 290 g/mol. The molecule has 0 aromatic rings. The molecule has 0 aliphatic carbocycles. The molecule has 0 bridgehead atoms. The Labute approximate surface area is 122 Å². The third-order valence-electron chi connectivity index (χ3n) is 3.20. The highest BCUT2D eigenvalue weighted by molar-refractivity contribution is 4.92. The van der Waals surface area contributed by atoms with Gasteiger partial charge in [-0.15, -0.1) is 0 Å². The Morgan fingerprint density at radius 1 is 1.00 bits per heavy atom. The van der Waals surface area contributed by atoms with Crippen molar-refractivity contribution in [3.05, 3.63) is 0 Å². The fraction of sp³-hybridized carbons (Fsp3) is 1.00. The number of ether oxygens (including phenoxy) is 3. The van der Waals surface area contributed by atoms with Gasteiger partial charge < -0.3 is 24.4 Å². The molecule has 5 unspecified atom stereocenters. The number of rotatable bonds is 3. The summed E-state index contributed by atoms with van der Waals surface area (Å²) in [4.78, 5) is 0. The molecule has 1 aliphatic heterocycles. The van der Waals surface area contributed by atoms with Gasteiger partial charge in [-0.3, -0.25) is 0 Å². The number of aliphatic hydroxyl groups excluding tert-OH is 2. The maximum absolute atomic E-state index is 10.2. The lowest BCUT2D eigenvalue weighted by atomic mass is 9.84. The van der Waals surface area contributed by atoms with Crippen LogP contribution in [0.3, 0.4) is 0 Å². The van der Waals surface area contributed by atoms with Gasteiger partial charge in [0.1, 0.15) is 18.3 Å². The first-order valence-electron chi connectivity index (χ1n) is 7.17. The summed E-state index contributed by atoms with van der Waals surface area (Å²) in [6.45, 7) is 11.9. The van der Waals surface area contributed by atoms with Gasteiger partial charge in [0.05, 0.1) is 11.7 Å². The fourth-order valence-corrected chi connectivity index (χ4v) is 2.37. The van der Waals surface area contributed by atoms with Gasteiger partial charge in [-0.25, -0.2) is 0 Å². The van der Waals surface area contributed by atoms with Gasteiger partial charge in [0, 0.05) is 7.11 Å². The van der Waals surface area contributed by atoms with E-state index in [0.29, 0.717) is 6.42 Å². The van der Waals surface area contributed by atoms with Crippen LogP contribution in [0, 0.1) is 5.41 Å². The first-order valence-corrected chi connectivity index (χ1v) is 7.17. The molecular weight excluding hydrogens is 260 g/mol. The first kappa shape index (κ1) is 17.9. The Hall–Kier alpha value is -0.200. The van der Waals surface area contributed by atoms with Crippen LogP contribution in [-0.2, 0) is 14.2 Å². The van der Waals surface area contributed by atoms with Crippen molar-refractivity contribution in [2.24, 2.45) is 5.41 Å². The second kappa shape index (κ2) is 6.28. The van der Waals surface area contributed by atoms with E-state index in [1.54, 1.807) is 0 Å². The zero-order valence-electron chi connectivity index (χ0n) is 13.7. The minimum Gasteiger partial charge on any atom is -0.388 e. The summed E-state index contributed by atoms with van der Waals surface area (Å²) < 4.78 is 16.9. The van der Waals surface area contributed by atoms with Crippen LogP contribution in [-0.4, -0.2) is 53.6 Å². The lowest BCUT2D eigenvalue weighted by Gasteiger charge is -2.45. The Morgan fingerprint density at radius 3 is 1.95 bits per heavy atom. The van der Waals surface area contributed by atoms with E-state index in [1.165, 1.54) is 7.11 Å². The molecule has 1 heterocycles. The van der Waals surface area contributed by atoms with Gasteiger partial charge in [-0.05, 0) is 32.6 Å². The summed E-state index contributed by atoms with van der Waals surface area (Å²) in [5, 5.41) is 20.4. The van der Waals surface area contributed by atoms with E-state index in [2.05, 4.69) is 20.8 Å². The van der Waals surface area contributed by atoms with Crippen LogP contribution in [0.5, 0.6) is 0 Å². The molecule has 0 aromatic carbocycles. The summed E-state index contributed by atoms with van der Waals surface area (Å²) in [7, 11) is 1.48. The van der Waals surface area contributed by atoms with E-state index in [1.807, 2.05) is 20.8 Å². The van der Waals surface area contributed by atoms with E-state index in [-0.39, 0.29) is 5.41 Å². The average Bonchev–Trinajstić information content (AvgIpc) is 2.22. The monoisotopic (exact) mass is 290 g/mol. The second-order valence-corrected chi connectivity index (χ2v) is 7.72. The van der Waals surface area contributed by atoms with Crippen LogP contribution >= 0.6 is 0 Å². The lowest BCUT2D eigenvalue weighted by molar-refractivity contribution is -0.324. The first-order chi connectivity index (χ1) is 8.94. The molecule has 20 heavy (non-hydrogen) atoms. The van der Waals surface area contributed by atoms with Crippen LogP contribution in [0.1, 0.15) is 48.0 Å². The van der Waals surface area contributed by atoms with Crippen molar-refractivity contribution in [1.29, 1.82) is 0 Å². The van der Waals surface area contributed by atoms with E-state index in [0.717, 1.165) is 0 Å². The van der Waals surface area contributed by atoms with Gasteiger partial charge >= 0.3 is 0 Å². The minimum absolute atomic E-state index is 0.0163. The van der Waals surface area contributed by atoms with Gasteiger partial charge in [0.2, 0.25) is 0 Å². The van der Waals surface area contributed by atoms with E-state index in [4.69, 9.17) is 14.2 Å². The largest absolute Gasteiger partial charge is 0.388 e. The second-order valence-electron chi connectivity index (χ2n) is 7.72. The molecular formula is C15H30O5. The number of aliphatic hydroxyl groups is 2. The van der Waals surface area contributed by atoms with Gasteiger partial charge in [-0.1, -0.05) is 20.8 Å². The predicted octanol–water partition coefficient (Wildman–Crippen LogP) is 1.70. The Kier molecular flexibility index (Phi) is 5.60. The number of hydrogen-bond acceptors (Lipinski definition) is 5. The highest BCUT2D eigenvalue weighted by atomic mass is 16.7. The third-order valence-corrected chi connectivity index (χ3v) is 3.20. The van der Waals surface area contributed by atoms with Crippen LogP contribution in [0.25, 0.3) is 0 Å². The molecule has 0 spiro atoms. The van der Waals surface area contributed by atoms with Gasteiger partial charge in [0.15, 0.2) is 6.29 Å². The third kappa shape index (κ3) is 4.97. The number of methoxy groups -OCH3 is 1. The predicted molar refractivity (Wildman–Crippen MR) is 76.4 cm³/mol. The summed E-state index contributed by atoms with van der Waals surface area (Å²) in [6, 6.07) is 0. The Balaban J connectivity index is 2.87. The highest BCUT2D eigenvalue weighted by Gasteiger charge is 2.47. The van der Waals surface area contributed by atoms with Crippen molar-refractivity contribution in [1.82, 2.24) is 0 Å². The smallest absolute Gasteiger partial charge is 0.187 e. The summed E-state index contributed by atoms with van der Waals surface area (Å²) in [6.07, 6.45) is -3.21. The van der Waals surface area contributed by atoms with Crippen LogP contribution < -0.4 is 0 Å². The fourth-order valence-electron chi connectivity index (χ4n) is 2.37. The topological polar surface area (TPSA) is 68.2 Å². The minimum atomic E-state index is -1.02. The van der Waals surface area contributed by atoms with Gasteiger partial charge in [0.25, 0.3) is 0 Å². The quantitative estimate of drug-likeness (QED) is 0.828. The SMILES string of the molecule is COC1C(OC(C)(C)C)OC(CC(C)(C)C)C(O)C1O. The summed E-state index contributed by atoms with van der Waals surface area (Å²) in [5.74, 6) is 0. The standard InChI is InChI=1S/C15H30O5/c1-14(2,3)8-9-10(16)11(17)12(18-7)13(19-9)20-15(4,5)6/h9-13,16-17H,8H2,1-7H3. The van der Waals surface area contributed by atoms with Crippen molar-refractivity contribution >= 4 is 0 Å².